The van der Waals surface area contributed by atoms with Crippen molar-refractivity contribution in [1.29, 1.82) is 0 Å². The molecule has 2 aromatic rings. The van der Waals surface area contributed by atoms with E-state index < -0.39 is 0 Å². The zero-order chi connectivity index (χ0) is 24.0. The van der Waals surface area contributed by atoms with Crippen LogP contribution in [-0.2, 0) is 11.2 Å². The molecule has 3 rings (SSSR count). The maximum absolute atomic E-state index is 13.3. The van der Waals surface area contributed by atoms with E-state index >= 15 is 0 Å². The second-order valence-corrected chi connectivity index (χ2v) is 8.56. The van der Waals surface area contributed by atoms with Crippen LogP contribution in [-0.4, -0.2) is 75.6 Å². The Bertz CT molecular complexity index is 995. The molecule has 3 atom stereocenters. The zero-order valence-electron chi connectivity index (χ0n) is 19.6. The van der Waals surface area contributed by atoms with E-state index in [1.54, 1.807) is 47.6 Å². The first-order chi connectivity index (χ1) is 15.8. The number of likely N-dealkylation sites (N-methyl/N-ethyl adjacent to an activating group) is 1. The third-order valence-corrected chi connectivity index (χ3v) is 5.86. The van der Waals surface area contributed by atoms with Crippen LogP contribution in [0.1, 0.15) is 42.3 Å². The minimum Gasteiger partial charge on any atom is -0.472 e. The minimum absolute atomic E-state index is 0.0471. The van der Waals surface area contributed by atoms with Gasteiger partial charge in [-0.3, -0.25) is 14.6 Å². The van der Waals surface area contributed by atoms with Gasteiger partial charge in [-0.25, -0.2) is 4.98 Å². The number of hydrogen-bond donors (Lipinski definition) is 1. The average Bonchev–Trinajstić information content (AvgIpc) is 2.82. The van der Waals surface area contributed by atoms with Gasteiger partial charge in [-0.1, -0.05) is 25.1 Å². The fourth-order valence-corrected chi connectivity index (χ4v) is 3.80. The molecule has 3 heterocycles. The normalized spacial score (nSPS) is 19.4. The number of carbonyl (C=O) groups is 2. The Morgan fingerprint density at radius 3 is 2.88 bits per heavy atom. The molecule has 0 aliphatic carbocycles. The Kier molecular flexibility index (Phi) is 8.16. The fraction of sp³-hybridized carbons (Fsp3) is 0.440. The molecule has 0 unspecified atom stereocenters. The molecule has 0 saturated carbocycles. The van der Waals surface area contributed by atoms with Crippen LogP contribution < -0.4 is 4.74 Å². The molecule has 2 aromatic heterocycles. The smallest absolute Gasteiger partial charge is 0.259 e. The highest BCUT2D eigenvalue weighted by atomic mass is 16.5. The second kappa shape index (κ2) is 11.0. The van der Waals surface area contributed by atoms with Crippen LogP contribution in [0.25, 0.3) is 6.08 Å². The number of pyridine rings is 2. The number of hydrogen-bond acceptors (Lipinski definition) is 6. The predicted molar refractivity (Wildman–Crippen MR) is 126 cm³/mol. The highest BCUT2D eigenvalue weighted by Crippen LogP contribution is 2.27. The highest BCUT2D eigenvalue weighted by molar-refractivity contribution is 5.97. The molecule has 0 bridgehead atoms. The summed E-state index contributed by atoms with van der Waals surface area (Å²) in [4.78, 5) is 37.9. The quantitative estimate of drug-likeness (QED) is 0.693. The summed E-state index contributed by atoms with van der Waals surface area (Å²) in [5.74, 6) is -0.124. The molecule has 0 fully saturated rings. The molecule has 0 aromatic carbocycles. The van der Waals surface area contributed by atoms with E-state index in [1.807, 2.05) is 39.0 Å². The van der Waals surface area contributed by atoms with E-state index in [1.165, 1.54) is 0 Å². The van der Waals surface area contributed by atoms with Gasteiger partial charge in [-0.2, -0.15) is 0 Å². The first kappa shape index (κ1) is 24.4. The number of nitrogens with zero attached hydrogens (tertiary/aromatic N) is 4. The van der Waals surface area contributed by atoms with Gasteiger partial charge in [-0.05, 0) is 37.1 Å². The third kappa shape index (κ3) is 5.96. The molecule has 33 heavy (non-hydrogen) atoms. The number of fused-ring (bicyclic) bond motifs is 1. The molecule has 1 aliphatic rings. The summed E-state index contributed by atoms with van der Waals surface area (Å²) in [6.07, 6.45) is 8.63. The van der Waals surface area contributed by atoms with Crippen molar-refractivity contribution < 1.29 is 19.4 Å². The van der Waals surface area contributed by atoms with Crippen LogP contribution in [0, 0.1) is 5.92 Å². The Balaban J connectivity index is 1.87. The molecule has 8 nitrogen and oxygen atoms in total. The minimum atomic E-state index is -0.381. The number of aliphatic hydroxyl groups is 1. The van der Waals surface area contributed by atoms with Gasteiger partial charge in [-0.15, -0.1) is 0 Å². The number of ether oxygens (including phenoxy) is 1. The molecule has 1 N–H and O–H groups in total. The van der Waals surface area contributed by atoms with Crippen LogP contribution in [0.4, 0.5) is 0 Å². The Hall–Kier alpha value is -3.26. The second-order valence-electron chi connectivity index (χ2n) is 8.56. The predicted octanol–water partition coefficient (Wildman–Crippen LogP) is 2.43. The van der Waals surface area contributed by atoms with E-state index in [0.717, 1.165) is 11.1 Å². The van der Waals surface area contributed by atoms with Crippen LogP contribution in [0.15, 0.2) is 42.9 Å². The lowest BCUT2D eigenvalue weighted by molar-refractivity contribution is -0.130. The summed E-state index contributed by atoms with van der Waals surface area (Å²) in [6.45, 7) is 6.27. The number of amides is 2. The first-order valence-electron chi connectivity index (χ1n) is 11.2. The number of carbonyl (C=O) groups excluding carboxylic acids is 2. The monoisotopic (exact) mass is 452 g/mol. The molecule has 1 aliphatic heterocycles. The summed E-state index contributed by atoms with van der Waals surface area (Å²) >= 11 is 0. The Morgan fingerprint density at radius 2 is 2.21 bits per heavy atom. The summed E-state index contributed by atoms with van der Waals surface area (Å²) < 4.78 is 6.23. The van der Waals surface area contributed by atoms with E-state index in [2.05, 4.69) is 9.97 Å². The van der Waals surface area contributed by atoms with Crippen LogP contribution >= 0.6 is 0 Å². The van der Waals surface area contributed by atoms with E-state index in [4.69, 9.17) is 4.74 Å². The average molecular weight is 453 g/mol. The van der Waals surface area contributed by atoms with Crippen molar-refractivity contribution in [2.45, 2.75) is 39.3 Å². The molecule has 0 spiro atoms. The van der Waals surface area contributed by atoms with Gasteiger partial charge in [0.05, 0.1) is 25.6 Å². The van der Waals surface area contributed by atoms with E-state index in [-0.39, 0.29) is 48.8 Å². The Morgan fingerprint density at radius 1 is 1.42 bits per heavy atom. The molecule has 8 heteroatoms. The Labute approximate surface area is 194 Å². The number of aromatic nitrogens is 2. The fourth-order valence-electron chi connectivity index (χ4n) is 3.80. The van der Waals surface area contributed by atoms with Crippen molar-refractivity contribution >= 4 is 17.9 Å². The lowest BCUT2D eigenvalue weighted by atomic mass is 9.99. The van der Waals surface area contributed by atoms with Gasteiger partial charge in [0, 0.05) is 38.1 Å². The molecular weight excluding hydrogens is 420 g/mol. The number of allylic oxidation sites excluding steroid dienone is 1. The van der Waals surface area contributed by atoms with Crippen molar-refractivity contribution in [3.8, 4) is 5.88 Å². The summed E-state index contributed by atoms with van der Waals surface area (Å²) in [6, 6.07) is 5.07. The van der Waals surface area contributed by atoms with Crippen molar-refractivity contribution in [3.05, 3.63) is 59.6 Å². The maximum atomic E-state index is 13.3. The number of aliphatic hydroxyl groups excluding tert-OH is 1. The van der Waals surface area contributed by atoms with Crippen molar-refractivity contribution in [2.75, 3.05) is 26.7 Å². The van der Waals surface area contributed by atoms with Gasteiger partial charge in [0.1, 0.15) is 11.7 Å². The summed E-state index contributed by atoms with van der Waals surface area (Å²) in [7, 11) is 1.75. The van der Waals surface area contributed by atoms with Crippen molar-refractivity contribution in [3.63, 3.8) is 0 Å². The molecular formula is C25H32N4O4. The van der Waals surface area contributed by atoms with Crippen LogP contribution in [0.3, 0.4) is 0 Å². The van der Waals surface area contributed by atoms with Crippen molar-refractivity contribution in [1.82, 2.24) is 19.8 Å². The molecule has 0 radical (unpaired) electrons. The van der Waals surface area contributed by atoms with E-state index in [9.17, 15) is 14.7 Å². The molecule has 176 valence electrons. The van der Waals surface area contributed by atoms with Gasteiger partial charge in [0.15, 0.2) is 0 Å². The maximum Gasteiger partial charge on any atom is 0.259 e. The standard InChI is InChI=1S/C25H32N4O4/c1-5-7-19-10-21-24(27-13-19)33-22(17(2)14-29(25(21)32)18(3)16-30)15-28(4)23(31)11-20-8-6-9-26-12-20/h5-10,12-13,17-18,22,30H,11,14-16H2,1-4H3/b7-5+/t17-,18+,22-/m0/s1. The summed E-state index contributed by atoms with van der Waals surface area (Å²) in [5, 5.41) is 9.75. The lowest BCUT2D eigenvalue weighted by Crippen LogP contribution is -2.50. The molecule has 0 saturated heterocycles. The van der Waals surface area contributed by atoms with Crippen LogP contribution in [0.5, 0.6) is 5.88 Å². The third-order valence-electron chi connectivity index (χ3n) is 5.86. The van der Waals surface area contributed by atoms with Gasteiger partial charge in [0.25, 0.3) is 5.91 Å². The summed E-state index contributed by atoms with van der Waals surface area (Å²) in [5.41, 5.74) is 1.99. The number of rotatable bonds is 7. The van der Waals surface area contributed by atoms with Gasteiger partial charge in [0.2, 0.25) is 11.8 Å². The van der Waals surface area contributed by atoms with Gasteiger partial charge < -0.3 is 19.6 Å². The SMILES string of the molecule is C/C=C/c1cnc2c(c1)C(=O)N([C@H](C)CO)C[C@H](C)[C@H](CN(C)C(=O)Cc1cccnc1)O2. The van der Waals surface area contributed by atoms with Crippen LogP contribution in [0.2, 0.25) is 0 Å². The lowest BCUT2D eigenvalue weighted by Gasteiger charge is -2.37. The first-order valence-corrected chi connectivity index (χ1v) is 11.2. The van der Waals surface area contributed by atoms with Crippen molar-refractivity contribution in [2.24, 2.45) is 5.92 Å². The zero-order valence-corrected chi connectivity index (χ0v) is 19.6. The van der Waals surface area contributed by atoms with E-state index in [0.29, 0.717) is 18.7 Å². The van der Waals surface area contributed by atoms with Gasteiger partial charge >= 0.3 is 0 Å². The molecule has 2 amide bonds. The highest BCUT2D eigenvalue weighted by Gasteiger charge is 2.34. The topological polar surface area (TPSA) is 95.9 Å². The largest absolute Gasteiger partial charge is 0.472 e.